The molecule has 0 rings (SSSR count). The minimum atomic E-state index is -5.89. The normalized spacial score (nSPS) is 16.1. The van der Waals surface area contributed by atoms with Crippen molar-refractivity contribution in [2.75, 3.05) is 19.8 Å². The highest BCUT2D eigenvalue weighted by Crippen LogP contribution is 2.45. The van der Waals surface area contributed by atoms with E-state index in [2.05, 4.69) is 0 Å². The molecule has 0 aliphatic rings. The van der Waals surface area contributed by atoms with Crippen LogP contribution in [0.4, 0.5) is 26.3 Å². The van der Waals surface area contributed by atoms with E-state index in [-0.39, 0.29) is 13.0 Å². The molecular formula is C13H20F6O4. The summed E-state index contributed by atoms with van der Waals surface area (Å²) in [6.07, 6.45) is -13.3. The van der Waals surface area contributed by atoms with Crippen molar-refractivity contribution >= 4 is 5.97 Å². The zero-order chi connectivity index (χ0) is 18.5. The van der Waals surface area contributed by atoms with E-state index in [0.717, 1.165) is 0 Å². The molecule has 10 heteroatoms. The summed E-state index contributed by atoms with van der Waals surface area (Å²) in [6, 6.07) is 0. The highest BCUT2D eigenvalue weighted by Gasteiger charge is 2.69. The maximum atomic E-state index is 12.5. The summed E-state index contributed by atoms with van der Waals surface area (Å²) in [7, 11) is 0. The van der Waals surface area contributed by atoms with Crippen molar-refractivity contribution in [3.05, 3.63) is 0 Å². The van der Waals surface area contributed by atoms with Gasteiger partial charge in [-0.15, -0.1) is 0 Å². The molecule has 1 N–H and O–H groups in total. The highest BCUT2D eigenvalue weighted by molar-refractivity contribution is 5.76. The Kier molecular flexibility index (Phi) is 7.35. The molecule has 138 valence electrons. The molecule has 0 saturated carbocycles. The van der Waals surface area contributed by atoms with Crippen molar-refractivity contribution in [3.63, 3.8) is 0 Å². The predicted octanol–water partition coefficient (Wildman–Crippen LogP) is 3.23. The van der Waals surface area contributed by atoms with Gasteiger partial charge in [0.25, 0.3) is 5.60 Å². The van der Waals surface area contributed by atoms with Crippen LogP contribution in [0.1, 0.15) is 33.6 Å². The van der Waals surface area contributed by atoms with Gasteiger partial charge < -0.3 is 14.6 Å². The van der Waals surface area contributed by atoms with Crippen LogP contribution in [-0.2, 0) is 14.3 Å². The molecule has 0 fully saturated rings. The Balaban J connectivity index is 4.78. The Morgan fingerprint density at radius 1 is 1.04 bits per heavy atom. The number of carbonyl (C=O) groups is 1. The van der Waals surface area contributed by atoms with Crippen LogP contribution in [-0.4, -0.2) is 48.9 Å². The number of alkyl halides is 6. The van der Waals surface area contributed by atoms with E-state index in [9.17, 15) is 31.1 Å². The minimum absolute atomic E-state index is 0.0797. The lowest BCUT2D eigenvalue weighted by atomic mass is 9.89. The van der Waals surface area contributed by atoms with Crippen LogP contribution in [0.15, 0.2) is 0 Å². The Bertz CT molecular complexity index is 379. The number of ether oxygens (including phenoxy) is 2. The van der Waals surface area contributed by atoms with Crippen LogP contribution < -0.4 is 0 Å². The Hall–Kier alpha value is -1.03. The standard InChI is InChI=1S/C13H20F6O4/c1-4-10(3,9(20)23-5-2)8-22-7-6-11(21,12(14,15)16)13(17,18)19/h21H,4-8H2,1-3H3. The topological polar surface area (TPSA) is 55.8 Å². The van der Waals surface area contributed by atoms with E-state index in [1.54, 1.807) is 13.8 Å². The molecule has 1 atom stereocenters. The van der Waals surface area contributed by atoms with Crippen molar-refractivity contribution in [2.24, 2.45) is 5.41 Å². The Labute approximate surface area is 129 Å². The molecule has 0 aromatic heterocycles. The van der Waals surface area contributed by atoms with Gasteiger partial charge in [0.2, 0.25) is 0 Å². The second-order valence-electron chi connectivity index (χ2n) is 5.29. The van der Waals surface area contributed by atoms with Gasteiger partial charge in [0.05, 0.1) is 25.2 Å². The van der Waals surface area contributed by atoms with Gasteiger partial charge in [0.1, 0.15) is 0 Å². The molecular weight excluding hydrogens is 334 g/mol. The summed E-state index contributed by atoms with van der Waals surface area (Å²) in [4.78, 5) is 11.7. The fraction of sp³-hybridized carbons (Fsp3) is 0.923. The first-order valence-corrected chi connectivity index (χ1v) is 6.86. The van der Waals surface area contributed by atoms with Gasteiger partial charge in [-0.3, -0.25) is 4.79 Å². The summed E-state index contributed by atoms with van der Waals surface area (Å²) >= 11 is 0. The lowest BCUT2D eigenvalue weighted by Crippen LogP contribution is -2.57. The fourth-order valence-electron chi connectivity index (χ4n) is 1.57. The molecule has 0 aliphatic heterocycles. The summed E-state index contributed by atoms with van der Waals surface area (Å²) < 4.78 is 84.3. The van der Waals surface area contributed by atoms with Gasteiger partial charge in [-0.05, 0) is 20.3 Å². The molecule has 0 amide bonds. The lowest BCUT2D eigenvalue weighted by Gasteiger charge is -2.32. The van der Waals surface area contributed by atoms with Crippen LogP contribution in [0.2, 0.25) is 0 Å². The predicted molar refractivity (Wildman–Crippen MR) is 67.5 cm³/mol. The van der Waals surface area contributed by atoms with Crippen molar-refractivity contribution in [3.8, 4) is 0 Å². The van der Waals surface area contributed by atoms with Crippen LogP contribution >= 0.6 is 0 Å². The molecule has 1 unspecified atom stereocenters. The molecule has 0 spiro atoms. The molecule has 0 bridgehead atoms. The molecule has 0 radical (unpaired) electrons. The summed E-state index contributed by atoms with van der Waals surface area (Å²) in [6.45, 7) is 3.21. The molecule has 0 aliphatic carbocycles. The first-order valence-electron chi connectivity index (χ1n) is 6.86. The third kappa shape index (κ3) is 5.23. The highest BCUT2D eigenvalue weighted by atomic mass is 19.4. The van der Waals surface area contributed by atoms with Gasteiger partial charge >= 0.3 is 18.3 Å². The van der Waals surface area contributed by atoms with Crippen molar-refractivity contribution < 1.29 is 45.7 Å². The SMILES string of the molecule is CCOC(=O)C(C)(CC)COCCC(O)(C(F)(F)F)C(F)(F)F. The van der Waals surface area contributed by atoms with Crippen LogP contribution in [0.25, 0.3) is 0 Å². The second kappa shape index (κ2) is 7.69. The largest absolute Gasteiger partial charge is 0.466 e. The third-order valence-corrected chi connectivity index (χ3v) is 3.52. The molecule has 0 aromatic carbocycles. The van der Waals surface area contributed by atoms with E-state index >= 15 is 0 Å². The van der Waals surface area contributed by atoms with Gasteiger partial charge in [-0.2, -0.15) is 26.3 Å². The van der Waals surface area contributed by atoms with E-state index in [0.29, 0.717) is 0 Å². The zero-order valence-electron chi connectivity index (χ0n) is 13.0. The maximum absolute atomic E-state index is 12.5. The number of carbonyl (C=O) groups excluding carboxylic acids is 1. The van der Waals surface area contributed by atoms with E-state index in [4.69, 9.17) is 14.6 Å². The number of rotatable bonds is 8. The molecule has 0 heterocycles. The average Bonchev–Trinajstić information content (AvgIpc) is 2.40. The maximum Gasteiger partial charge on any atom is 0.426 e. The molecule has 0 aromatic rings. The number of esters is 1. The van der Waals surface area contributed by atoms with Crippen LogP contribution in [0.5, 0.6) is 0 Å². The number of halogens is 6. The number of aliphatic hydroxyl groups is 1. The minimum Gasteiger partial charge on any atom is -0.466 e. The van der Waals surface area contributed by atoms with E-state index < -0.39 is 49.0 Å². The van der Waals surface area contributed by atoms with Gasteiger partial charge in [-0.25, -0.2) is 0 Å². The molecule has 23 heavy (non-hydrogen) atoms. The van der Waals surface area contributed by atoms with Gasteiger partial charge in [0.15, 0.2) is 0 Å². The van der Waals surface area contributed by atoms with Crippen molar-refractivity contribution in [2.45, 2.75) is 51.6 Å². The number of hydrogen-bond acceptors (Lipinski definition) is 4. The molecule has 0 saturated heterocycles. The first-order chi connectivity index (χ1) is 10.2. The smallest absolute Gasteiger partial charge is 0.426 e. The van der Waals surface area contributed by atoms with Gasteiger partial charge in [0, 0.05) is 6.42 Å². The Morgan fingerprint density at radius 3 is 1.87 bits per heavy atom. The summed E-state index contributed by atoms with van der Waals surface area (Å²) in [5.41, 5.74) is -6.04. The summed E-state index contributed by atoms with van der Waals surface area (Å²) in [5.74, 6) is -0.663. The van der Waals surface area contributed by atoms with Crippen LogP contribution in [0, 0.1) is 5.41 Å². The lowest BCUT2D eigenvalue weighted by molar-refractivity contribution is -0.371. The first kappa shape index (κ1) is 22.0. The monoisotopic (exact) mass is 354 g/mol. The number of hydrogen-bond donors (Lipinski definition) is 1. The second-order valence-corrected chi connectivity index (χ2v) is 5.29. The quantitative estimate of drug-likeness (QED) is 0.413. The fourth-order valence-corrected chi connectivity index (χ4v) is 1.57. The van der Waals surface area contributed by atoms with Gasteiger partial charge in [-0.1, -0.05) is 6.92 Å². The third-order valence-electron chi connectivity index (χ3n) is 3.52. The molecule has 4 nitrogen and oxygen atoms in total. The van der Waals surface area contributed by atoms with E-state index in [1.165, 1.54) is 6.92 Å². The summed E-state index contributed by atoms with van der Waals surface area (Å²) in [5, 5.41) is 8.94. The van der Waals surface area contributed by atoms with E-state index in [1.807, 2.05) is 0 Å². The van der Waals surface area contributed by atoms with Crippen LogP contribution in [0.3, 0.4) is 0 Å². The Morgan fingerprint density at radius 2 is 1.52 bits per heavy atom. The van der Waals surface area contributed by atoms with Crippen molar-refractivity contribution in [1.29, 1.82) is 0 Å². The zero-order valence-corrected chi connectivity index (χ0v) is 13.0. The van der Waals surface area contributed by atoms with Crippen molar-refractivity contribution in [1.82, 2.24) is 0 Å². The average molecular weight is 354 g/mol.